The molecule has 3 aliphatic heterocycles. The largest absolute Gasteiger partial charge is 0.326 e. The van der Waals surface area contributed by atoms with Gasteiger partial charge in [-0.3, -0.25) is 9.69 Å². The number of rotatable bonds is 6. The van der Waals surface area contributed by atoms with E-state index < -0.39 is 10.0 Å². The van der Waals surface area contributed by atoms with Crippen molar-refractivity contribution in [2.75, 3.05) is 25.0 Å². The first kappa shape index (κ1) is 18.1. The van der Waals surface area contributed by atoms with Gasteiger partial charge in [-0.2, -0.15) is 0 Å². The molecule has 1 aromatic carbocycles. The predicted molar refractivity (Wildman–Crippen MR) is 97.7 cm³/mol. The number of piperidine rings is 3. The molecule has 1 unspecified atom stereocenters. The topological polar surface area (TPSA) is 78.5 Å². The zero-order chi connectivity index (χ0) is 18.0. The van der Waals surface area contributed by atoms with Gasteiger partial charge in [0, 0.05) is 31.7 Å². The lowest BCUT2D eigenvalue weighted by atomic mass is 9.76. The third-order valence-electron chi connectivity index (χ3n) is 5.23. The van der Waals surface area contributed by atoms with Crippen LogP contribution < -0.4 is 10.0 Å². The summed E-state index contributed by atoms with van der Waals surface area (Å²) in [5.74, 6) is 0.963. The van der Waals surface area contributed by atoms with E-state index >= 15 is 0 Å². The first-order valence-electron chi connectivity index (χ1n) is 8.63. The Morgan fingerprint density at radius 1 is 1.36 bits per heavy atom. The molecule has 6 nitrogen and oxygen atoms in total. The van der Waals surface area contributed by atoms with Crippen LogP contribution in [0, 0.1) is 11.8 Å². The molecule has 25 heavy (non-hydrogen) atoms. The molecule has 3 saturated heterocycles. The number of benzene rings is 1. The van der Waals surface area contributed by atoms with Crippen molar-refractivity contribution in [3.05, 3.63) is 36.9 Å². The Kier molecular flexibility index (Phi) is 5.27. The van der Waals surface area contributed by atoms with Gasteiger partial charge < -0.3 is 5.32 Å². The number of hydrogen-bond acceptors (Lipinski definition) is 4. The molecule has 4 rings (SSSR count). The van der Waals surface area contributed by atoms with E-state index in [-0.39, 0.29) is 16.8 Å². The highest BCUT2D eigenvalue weighted by Crippen LogP contribution is 2.36. The number of hydrogen-bond donors (Lipinski definition) is 2. The molecular formula is C18H25N3O3S. The molecule has 0 aliphatic carbocycles. The summed E-state index contributed by atoms with van der Waals surface area (Å²) in [5.41, 5.74) is 0.581. The van der Waals surface area contributed by atoms with Gasteiger partial charge in [0.25, 0.3) is 0 Å². The molecule has 2 bridgehead atoms. The predicted octanol–water partition coefficient (Wildman–Crippen LogP) is 1.82. The molecule has 0 spiro atoms. The van der Waals surface area contributed by atoms with Gasteiger partial charge in [-0.1, -0.05) is 6.08 Å². The quantitative estimate of drug-likeness (QED) is 0.756. The van der Waals surface area contributed by atoms with Crippen LogP contribution in [0.3, 0.4) is 0 Å². The first-order chi connectivity index (χ1) is 11.9. The molecule has 3 heterocycles. The standard InChI is InChI=1S/C18H25N3O3S/c1-3-14-12-21-9-8-15(14)10-17(21)11-19-25(23,24)18-6-4-16(5-7-18)20-13(2)22/h3-7,14-15,17,19H,1,8-12H2,2H3,(H,20,22)/t14-,15+,17+/m0/s1. The number of nitrogens with one attached hydrogen (secondary N) is 2. The van der Waals surface area contributed by atoms with Gasteiger partial charge in [0.15, 0.2) is 0 Å². The number of anilines is 1. The van der Waals surface area contributed by atoms with Crippen LogP contribution in [0.25, 0.3) is 0 Å². The second kappa shape index (κ2) is 7.27. The number of carbonyl (C=O) groups is 1. The van der Waals surface area contributed by atoms with Crippen molar-refractivity contribution >= 4 is 21.6 Å². The van der Waals surface area contributed by atoms with Gasteiger partial charge in [-0.25, -0.2) is 13.1 Å². The molecule has 0 radical (unpaired) electrons. The molecule has 1 amide bonds. The molecule has 0 aromatic heterocycles. The van der Waals surface area contributed by atoms with Gasteiger partial charge >= 0.3 is 0 Å². The average molecular weight is 363 g/mol. The Morgan fingerprint density at radius 3 is 2.64 bits per heavy atom. The molecule has 0 saturated carbocycles. The average Bonchev–Trinajstić information content (AvgIpc) is 2.60. The third kappa shape index (κ3) is 4.11. The Labute approximate surface area is 149 Å². The van der Waals surface area contributed by atoms with E-state index in [0.717, 1.165) is 19.5 Å². The highest BCUT2D eigenvalue weighted by Gasteiger charge is 2.38. The van der Waals surface area contributed by atoms with Crippen molar-refractivity contribution in [3.8, 4) is 0 Å². The van der Waals surface area contributed by atoms with E-state index in [1.54, 1.807) is 12.1 Å². The summed E-state index contributed by atoms with van der Waals surface area (Å²) in [6, 6.07) is 6.46. The van der Waals surface area contributed by atoms with Crippen molar-refractivity contribution in [2.24, 2.45) is 11.8 Å². The molecule has 2 N–H and O–H groups in total. The summed E-state index contributed by atoms with van der Waals surface area (Å²) in [5, 5.41) is 2.63. The summed E-state index contributed by atoms with van der Waals surface area (Å²) in [6.45, 7) is 7.77. The lowest BCUT2D eigenvalue weighted by molar-refractivity contribution is -0.114. The van der Waals surface area contributed by atoms with Crippen LogP contribution in [0.2, 0.25) is 0 Å². The molecule has 3 fully saturated rings. The van der Waals surface area contributed by atoms with E-state index in [1.807, 2.05) is 6.08 Å². The van der Waals surface area contributed by atoms with E-state index in [9.17, 15) is 13.2 Å². The normalized spacial score (nSPS) is 28.5. The third-order valence-corrected chi connectivity index (χ3v) is 6.67. The SMILES string of the molecule is C=C[C@H]1CN2CC[C@@H]1C[C@@H]2CNS(=O)(=O)c1ccc(NC(C)=O)cc1. The van der Waals surface area contributed by atoms with Crippen molar-refractivity contribution in [3.63, 3.8) is 0 Å². The van der Waals surface area contributed by atoms with Crippen molar-refractivity contribution in [2.45, 2.75) is 30.7 Å². The fourth-order valence-electron chi connectivity index (χ4n) is 3.87. The van der Waals surface area contributed by atoms with Crippen LogP contribution in [-0.4, -0.2) is 44.9 Å². The lowest BCUT2D eigenvalue weighted by Gasteiger charge is -2.49. The minimum Gasteiger partial charge on any atom is -0.326 e. The number of amides is 1. The molecular weight excluding hydrogens is 338 g/mol. The van der Waals surface area contributed by atoms with Crippen molar-refractivity contribution in [1.82, 2.24) is 9.62 Å². The van der Waals surface area contributed by atoms with Gasteiger partial charge in [-0.05, 0) is 55.5 Å². The Hall–Kier alpha value is -1.70. The number of nitrogens with zero attached hydrogens (tertiary/aromatic N) is 1. The maximum Gasteiger partial charge on any atom is 0.240 e. The molecule has 7 heteroatoms. The summed E-state index contributed by atoms with van der Waals surface area (Å²) < 4.78 is 27.7. The van der Waals surface area contributed by atoms with Crippen LogP contribution in [0.4, 0.5) is 5.69 Å². The Bertz CT molecular complexity index is 745. The summed E-state index contributed by atoms with van der Waals surface area (Å²) in [7, 11) is -3.55. The minimum atomic E-state index is -3.55. The van der Waals surface area contributed by atoms with Crippen LogP contribution in [0.1, 0.15) is 19.8 Å². The molecule has 3 aliphatic rings. The van der Waals surface area contributed by atoms with E-state index in [4.69, 9.17) is 0 Å². The highest BCUT2D eigenvalue weighted by atomic mass is 32.2. The zero-order valence-corrected chi connectivity index (χ0v) is 15.3. The van der Waals surface area contributed by atoms with Gasteiger partial charge in [0.05, 0.1) is 4.90 Å². The number of fused-ring (bicyclic) bond motifs is 3. The fraction of sp³-hybridized carbons (Fsp3) is 0.500. The Morgan fingerprint density at radius 2 is 2.08 bits per heavy atom. The molecule has 136 valence electrons. The first-order valence-corrected chi connectivity index (χ1v) is 10.1. The van der Waals surface area contributed by atoms with Crippen molar-refractivity contribution < 1.29 is 13.2 Å². The van der Waals surface area contributed by atoms with Gasteiger partial charge in [0.1, 0.15) is 0 Å². The van der Waals surface area contributed by atoms with E-state index in [0.29, 0.717) is 24.1 Å². The second-order valence-corrected chi connectivity index (χ2v) is 8.66. The molecule has 4 atom stereocenters. The number of sulfonamides is 1. The highest BCUT2D eigenvalue weighted by molar-refractivity contribution is 7.89. The van der Waals surface area contributed by atoms with Gasteiger partial charge in [-0.15, -0.1) is 6.58 Å². The van der Waals surface area contributed by atoms with Gasteiger partial charge in [0.2, 0.25) is 15.9 Å². The zero-order valence-electron chi connectivity index (χ0n) is 14.4. The lowest BCUT2D eigenvalue weighted by Crippen LogP contribution is -2.56. The minimum absolute atomic E-state index is 0.187. The van der Waals surface area contributed by atoms with Crippen LogP contribution >= 0.6 is 0 Å². The second-order valence-electron chi connectivity index (χ2n) is 6.89. The summed E-state index contributed by atoms with van der Waals surface area (Å²) in [6.07, 6.45) is 4.22. The maximum atomic E-state index is 12.5. The maximum absolute atomic E-state index is 12.5. The van der Waals surface area contributed by atoms with Crippen LogP contribution in [0.15, 0.2) is 41.8 Å². The number of carbonyl (C=O) groups excluding carboxylic acids is 1. The summed E-state index contributed by atoms with van der Waals surface area (Å²) >= 11 is 0. The van der Waals surface area contributed by atoms with Crippen molar-refractivity contribution in [1.29, 1.82) is 0 Å². The molecule has 1 aromatic rings. The van der Waals surface area contributed by atoms with E-state index in [1.165, 1.54) is 25.5 Å². The smallest absolute Gasteiger partial charge is 0.240 e. The van der Waals surface area contributed by atoms with Crippen LogP contribution in [-0.2, 0) is 14.8 Å². The fourth-order valence-corrected chi connectivity index (χ4v) is 4.94. The Balaban J connectivity index is 1.61. The monoisotopic (exact) mass is 363 g/mol. The van der Waals surface area contributed by atoms with E-state index in [2.05, 4.69) is 21.5 Å². The summed E-state index contributed by atoms with van der Waals surface area (Å²) in [4.78, 5) is 13.6. The van der Waals surface area contributed by atoms with Crippen LogP contribution in [0.5, 0.6) is 0 Å².